The second kappa shape index (κ2) is 5.49. The lowest BCUT2D eigenvalue weighted by Gasteiger charge is -2.16. The molecule has 0 aliphatic heterocycles. The van der Waals surface area contributed by atoms with Crippen LogP contribution in [0.5, 0.6) is 0 Å². The Morgan fingerprint density at radius 1 is 1.30 bits per heavy atom. The van der Waals surface area contributed by atoms with E-state index in [1.807, 2.05) is 36.5 Å². The van der Waals surface area contributed by atoms with Gasteiger partial charge in [-0.05, 0) is 5.56 Å². The molecule has 1 aromatic carbocycles. The summed E-state index contributed by atoms with van der Waals surface area (Å²) in [6, 6.07) is 9.02. The van der Waals surface area contributed by atoms with E-state index in [4.69, 9.17) is 0 Å². The predicted molar refractivity (Wildman–Crippen MR) is 77.7 cm³/mol. The molecule has 0 bridgehead atoms. The molecule has 1 N–H and O–H groups in total. The van der Waals surface area contributed by atoms with Crippen molar-refractivity contribution in [2.24, 2.45) is 0 Å². The summed E-state index contributed by atoms with van der Waals surface area (Å²) >= 11 is 0. The van der Waals surface area contributed by atoms with E-state index in [0.29, 0.717) is 6.42 Å². The van der Waals surface area contributed by atoms with Crippen molar-refractivity contribution in [2.75, 3.05) is 0 Å². The lowest BCUT2D eigenvalue weighted by atomic mass is 9.93. The third kappa shape index (κ3) is 3.26. The molecule has 4 nitrogen and oxygen atoms in total. The van der Waals surface area contributed by atoms with Gasteiger partial charge in [-0.15, -0.1) is 0 Å². The molecule has 4 heteroatoms. The number of nitrogens with zero attached hydrogens (tertiary/aromatic N) is 2. The average Bonchev–Trinajstić information content (AvgIpc) is 2.86. The summed E-state index contributed by atoms with van der Waals surface area (Å²) in [6.07, 6.45) is 3.90. The average molecular weight is 272 g/mol. The van der Waals surface area contributed by atoms with Gasteiger partial charge in [0.05, 0.1) is 12.0 Å². The molecule has 0 aliphatic carbocycles. The Balaban J connectivity index is 2.25. The minimum atomic E-state index is -0.841. The van der Waals surface area contributed by atoms with E-state index < -0.39 is 12.0 Å². The lowest BCUT2D eigenvalue weighted by Crippen LogP contribution is -2.20. The smallest absolute Gasteiger partial charge is 0.327 e. The number of carboxylic acid groups (broad SMARTS) is 1. The summed E-state index contributed by atoms with van der Waals surface area (Å²) in [5, 5.41) is 9.45. The first-order chi connectivity index (χ1) is 9.38. The van der Waals surface area contributed by atoms with Crippen molar-refractivity contribution in [3.05, 3.63) is 54.1 Å². The SMILES string of the molecule is CC(C)(C)c1cn(C(Cc2ccccc2)C(=O)O)cn1. The van der Waals surface area contributed by atoms with Crippen molar-refractivity contribution in [1.29, 1.82) is 0 Å². The Bertz CT molecular complexity index is 582. The van der Waals surface area contributed by atoms with Gasteiger partial charge in [-0.3, -0.25) is 0 Å². The lowest BCUT2D eigenvalue weighted by molar-refractivity contribution is -0.140. The van der Waals surface area contributed by atoms with Gasteiger partial charge in [0.1, 0.15) is 6.04 Å². The van der Waals surface area contributed by atoms with E-state index >= 15 is 0 Å². The van der Waals surface area contributed by atoms with Gasteiger partial charge in [0, 0.05) is 18.0 Å². The molecule has 1 unspecified atom stereocenters. The third-order valence-electron chi connectivity index (χ3n) is 3.29. The molecule has 1 heterocycles. The maximum Gasteiger partial charge on any atom is 0.327 e. The maximum absolute atomic E-state index is 11.5. The fraction of sp³-hybridized carbons (Fsp3) is 0.375. The first-order valence-electron chi connectivity index (χ1n) is 6.68. The zero-order valence-electron chi connectivity index (χ0n) is 12.1. The van der Waals surface area contributed by atoms with E-state index in [2.05, 4.69) is 25.8 Å². The molecule has 0 amide bonds. The molecular formula is C16H20N2O2. The van der Waals surface area contributed by atoms with Gasteiger partial charge >= 0.3 is 5.97 Å². The number of aromatic nitrogens is 2. The van der Waals surface area contributed by atoms with Crippen molar-refractivity contribution in [3.8, 4) is 0 Å². The van der Waals surface area contributed by atoms with E-state index in [9.17, 15) is 9.90 Å². The third-order valence-corrected chi connectivity index (χ3v) is 3.29. The highest BCUT2D eigenvalue weighted by atomic mass is 16.4. The number of rotatable bonds is 4. The normalized spacial score (nSPS) is 13.2. The molecule has 0 aliphatic rings. The molecule has 2 aromatic rings. The van der Waals surface area contributed by atoms with Gasteiger partial charge in [-0.25, -0.2) is 9.78 Å². The fourth-order valence-electron chi connectivity index (χ4n) is 2.05. The van der Waals surface area contributed by atoms with Crippen LogP contribution in [0.15, 0.2) is 42.9 Å². The van der Waals surface area contributed by atoms with Crippen LogP contribution in [0, 0.1) is 0 Å². The molecular weight excluding hydrogens is 252 g/mol. The quantitative estimate of drug-likeness (QED) is 0.930. The van der Waals surface area contributed by atoms with Crippen molar-refractivity contribution < 1.29 is 9.90 Å². The zero-order valence-corrected chi connectivity index (χ0v) is 12.1. The first-order valence-corrected chi connectivity index (χ1v) is 6.68. The van der Waals surface area contributed by atoms with Crippen molar-refractivity contribution in [2.45, 2.75) is 38.6 Å². The monoisotopic (exact) mass is 272 g/mol. The number of carbonyl (C=O) groups is 1. The number of carboxylic acids is 1. The van der Waals surface area contributed by atoms with Gasteiger partial charge in [-0.2, -0.15) is 0 Å². The van der Waals surface area contributed by atoms with Crippen LogP contribution in [-0.4, -0.2) is 20.6 Å². The summed E-state index contributed by atoms with van der Waals surface area (Å²) < 4.78 is 1.69. The molecule has 0 saturated carbocycles. The van der Waals surface area contributed by atoms with Crippen molar-refractivity contribution >= 4 is 5.97 Å². The molecule has 0 fully saturated rings. The van der Waals surface area contributed by atoms with Crippen LogP contribution in [0.1, 0.15) is 38.1 Å². The molecule has 1 atom stereocenters. The van der Waals surface area contributed by atoms with E-state index in [0.717, 1.165) is 11.3 Å². The number of benzene rings is 1. The van der Waals surface area contributed by atoms with E-state index in [1.54, 1.807) is 10.9 Å². The number of hydrogen-bond donors (Lipinski definition) is 1. The molecule has 1 aromatic heterocycles. The molecule has 106 valence electrons. The number of hydrogen-bond acceptors (Lipinski definition) is 2. The van der Waals surface area contributed by atoms with Crippen LogP contribution in [0.4, 0.5) is 0 Å². The van der Waals surface area contributed by atoms with Gasteiger partial charge in [-0.1, -0.05) is 51.1 Å². The second-order valence-electron chi connectivity index (χ2n) is 6.00. The largest absolute Gasteiger partial charge is 0.480 e. The zero-order chi connectivity index (χ0) is 14.8. The topological polar surface area (TPSA) is 55.1 Å². The first kappa shape index (κ1) is 14.3. The van der Waals surface area contributed by atoms with Crippen LogP contribution in [0.2, 0.25) is 0 Å². The summed E-state index contributed by atoms with van der Waals surface area (Å²) in [5.74, 6) is -0.841. The van der Waals surface area contributed by atoms with Gasteiger partial charge in [0.15, 0.2) is 0 Å². The second-order valence-corrected chi connectivity index (χ2v) is 6.00. The van der Waals surface area contributed by atoms with Crippen molar-refractivity contribution in [3.63, 3.8) is 0 Å². The highest BCUT2D eigenvalue weighted by molar-refractivity contribution is 5.72. The van der Waals surface area contributed by atoms with Crippen LogP contribution >= 0.6 is 0 Å². The van der Waals surface area contributed by atoms with Crippen LogP contribution in [0.3, 0.4) is 0 Å². The minimum absolute atomic E-state index is 0.0823. The van der Waals surface area contributed by atoms with Crippen LogP contribution in [-0.2, 0) is 16.6 Å². The van der Waals surface area contributed by atoms with E-state index in [1.165, 1.54) is 0 Å². The highest BCUT2D eigenvalue weighted by Crippen LogP contribution is 2.22. The summed E-state index contributed by atoms with van der Waals surface area (Å²) in [6.45, 7) is 6.19. The number of imidazole rings is 1. The molecule has 0 saturated heterocycles. The van der Waals surface area contributed by atoms with Gasteiger partial charge < -0.3 is 9.67 Å². The molecule has 0 radical (unpaired) electrons. The Kier molecular flexibility index (Phi) is 3.93. The maximum atomic E-state index is 11.5. The van der Waals surface area contributed by atoms with Gasteiger partial charge in [0.2, 0.25) is 0 Å². The summed E-state index contributed by atoms with van der Waals surface area (Å²) in [5.41, 5.74) is 1.82. The van der Waals surface area contributed by atoms with Gasteiger partial charge in [0.25, 0.3) is 0 Å². The standard InChI is InChI=1S/C16H20N2O2/c1-16(2,3)14-10-18(11-17-14)13(15(19)20)9-12-7-5-4-6-8-12/h4-8,10-11,13H,9H2,1-3H3,(H,19,20). The van der Waals surface area contributed by atoms with Crippen molar-refractivity contribution in [1.82, 2.24) is 9.55 Å². The predicted octanol–water partition coefficient (Wildman–Crippen LogP) is 3.05. The Morgan fingerprint density at radius 2 is 1.95 bits per heavy atom. The Morgan fingerprint density at radius 3 is 2.45 bits per heavy atom. The fourth-order valence-corrected chi connectivity index (χ4v) is 2.05. The molecule has 0 spiro atoms. The Hall–Kier alpha value is -2.10. The Labute approximate surface area is 119 Å². The van der Waals surface area contributed by atoms with E-state index in [-0.39, 0.29) is 5.41 Å². The van der Waals surface area contributed by atoms with Crippen LogP contribution < -0.4 is 0 Å². The summed E-state index contributed by atoms with van der Waals surface area (Å²) in [7, 11) is 0. The summed E-state index contributed by atoms with van der Waals surface area (Å²) in [4.78, 5) is 15.8. The number of aliphatic carboxylic acids is 1. The van der Waals surface area contributed by atoms with Crippen LogP contribution in [0.25, 0.3) is 0 Å². The minimum Gasteiger partial charge on any atom is -0.480 e. The molecule has 2 rings (SSSR count). The molecule has 20 heavy (non-hydrogen) atoms. The highest BCUT2D eigenvalue weighted by Gasteiger charge is 2.23.